The number of nitro benzene ring substituents is 1. The van der Waals surface area contributed by atoms with E-state index >= 15 is 0 Å². The van der Waals surface area contributed by atoms with Crippen LogP contribution < -0.4 is 10.2 Å². The third-order valence-corrected chi connectivity index (χ3v) is 6.53. The smallest absolute Gasteiger partial charge is 0.269 e. The monoisotopic (exact) mass is 386 g/mol. The van der Waals surface area contributed by atoms with E-state index in [-0.39, 0.29) is 41.1 Å². The third kappa shape index (κ3) is 2.17. The first-order chi connectivity index (χ1) is 12.9. The van der Waals surface area contributed by atoms with Crippen LogP contribution in [-0.4, -0.2) is 45.4 Å². The summed E-state index contributed by atoms with van der Waals surface area (Å²) in [4.78, 5) is 41.2. The molecule has 4 aliphatic rings. The lowest BCUT2D eigenvalue weighted by atomic mass is 9.68. The molecule has 1 aromatic carbocycles. The maximum absolute atomic E-state index is 13.6. The zero-order chi connectivity index (χ0) is 18.9. The van der Waals surface area contributed by atoms with Gasteiger partial charge in [0.05, 0.1) is 11.0 Å². The van der Waals surface area contributed by atoms with Crippen LogP contribution in [0.4, 0.5) is 11.4 Å². The molecule has 0 bridgehead atoms. The lowest BCUT2D eigenvalue weighted by Gasteiger charge is -2.50. The van der Waals surface area contributed by atoms with E-state index < -0.39 is 10.3 Å². The maximum atomic E-state index is 13.6. The average molecular weight is 386 g/mol. The number of non-ortho nitro benzene ring substituents is 1. The number of carbonyl (C=O) groups is 2. The largest absolute Gasteiger partial charge is 0.367 e. The molecule has 3 heterocycles. The van der Waals surface area contributed by atoms with Crippen LogP contribution in [0.2, 0.25) is 0 Å². The summed E-state index contributed by atoms with van der Waals surface area (Å²) in [7, 11) is 0. The summed E-state index contributed by atoms with van der Waals surface area (Å²) >= 11 is 5.27. The number of nitrogens with one attached hydrogen (secondary N) is 1. The molecule has 3 fully saturated rings. The van der Waals surface area contributed by atoms with Gasteiger partial charge in [-0.15, -0.1) is 0 Å². The van der Waals surface area contributed by atoms with Gasteiger partial charge in [-0.1, -0.05) is 0 Å². The van der Waals surface area contributed by atoms with Crippen LogP contribution >= 0.6 is 12.2 Å². The number of nitro groups is 1. The van der Waals surface area contributed by atoms with Crippen molar-refractivity contribution in [1.29, 1.82) is 0 Å². The predicted molar refractivity (Wildman–Crippen MR) is 100 cm³/mol. The minimum absolute atomic E-state index is 0.0280. The van der Waals surface area contributed by atoms with Gasteiger partial charge in [-0.2, -0.15) is 0 Å². The zero-order valence-corrected chi connectivity index (χ0v) is 15.3. The fraction of sp³-hybridized carbons (Fsp3) is 0.500. The number of benzene rings is 1. The van der Waals surface area contributed by atoms with Crippen LogP contribution in [0.25, 0.3) is 0 Å². The van der Waals surface area contributed by atoms with Gasteiger partial charge in [-0.05, 0) is 49.5 Å². The van der Waals surface area contributed by atoms with Crippen molar-refractivity contribution in [3.05, 3.63) is 33.9 Å². The van der Waals surface area contributed by atoms with Gasteiger partial charge in [0, 0.05) is 36.8 Å². The zero-order valence-electron chi connectivity index (χ0n) is 14.5. The second-order valence-electron chi connectivity index (χ2n) is 7.74. The molecule has 27 heavy (non-hydrogen) atoms. The molecule has 5 rings (SSSR count). The van der Waals surface area contributed by atoms with Crippen LogP contribution in [0.3, 0.4) is 0 Å². The Bertz CT molecular complexity index is 915. The lowest BCUT2D eigenvalue weighted by Crippen LogP contribution is -2.71. The molecule has 0 unspecified atom stereocenters. The molecular formula is C18H18N4O4S. The molecule has 0 aromatic heterocycles. The number of nitrogens with zero attached hydrogens (tertiary/aromatic N) is 3. The van der Waals surface area contributed by atoms with Crippen molar-refractivity contribution in [2.45, 2.75) is 44.2 Å². The summed E-state index contributed by atoms with van der Waals surface area (Å²) < 4.78 is 0. The van der Waals surface area contributed by atoms with Gasteiger partial charge in [0.1, 0.15) is 0 Å². The van der Waals surface area contributed by atoms with Crippen LogP contribution in [0.1, 0.15) is 31.2 Å². The van der Waals surface area contributed by atoms with Crippen molar-refractivity contribution >= 4 is 40.5 Å². The van der Waals surface area contributed by atoms with Crippen molar-refractivity contribution in [2.24, 2.45) is 5.41 Å². The Kier molecular flexibility index (Phi) is 3.37. The van der Waals surface area contributed by atoms with E-state index in [1.807, 2.05) is 0 Å². The van der Waals surface area contributed by atoms with Gasteiger partial charge in [0.25, 0.3) is 5.69 Å². The van der Waals surface area contributed by atoms with Crippen LogP contribution in [0.5, 0.6) is 0 Å². The Morgan fingerprint density at radius 3 is 2.74 bits per heavy atom. The second-order valence-corrected chi connectivity index (χ2v) is 8.12. The highest BCUT2D eigenvalue weighted by Gasteiger charge is 2.63. The summed E-state index contributed by atoms with van der Waals surface area (Å²) in [5, 5.41) is 14.2. The first-order valence-corrected chi connectivity index (χ1v) is 9.57. The van der Waals surface area contributed by atoms with Crippen LogP contribution in [-0.2, 0) is 16.0 Å². The number of hydrogen-bond donors (Lipinski definition) is 1. The van der Waals surface area contributed by atoms with Crippen molar-refractivity contribution in [3.8, 4) is 0 Å². The van der Waals surface area contributed by atoms with Crippen molar-refractivity contribution in [3.63, 3.8) is 0 Å². The summed E-state index contributed by atoms with van der Waals surface area (Å²) in [5.41, 5.74) is 0.263. The van der Waals surface area contributed by atoms with E-state index in [2.05, 4.69) is 10.2 Å². The molecule has 1 saturated carbocycles. The fourth-order valence-corrected chi connectivity index (χ4v) is 5.20. The molecule has 9 heteroatoms. The SMILES string of the molecule is O=C1NC(=S)N(C2CC2)C(=O)[C@]12Cc1cc([N+](=O)[O-])ccc1N1CCC[C@H]12. The number of anilines is 1. The van der Waals surface area contributed by atoms with E-state index in [0.717, 1.165) is 37.9 Å². The van der Waals surface area contributed by atoms with Gasteiger partial charge in [0.2, 0.25) is 11.8 Å². The standard InChI is InChI=1S/C18H18N4O4S/c23-15-18(16(24)21(11-3-4-11)17(27)19-15)9-10-8-12(22(25)26)5-6-13(10)20-7-1-2-14(18)20/h5-6,8,11,14H,1-4,7,9H2,(H,19,23,27)/t14-,18-/m0/s1. The van der Waals surface area contributed by atoms with Gasteiger partial charge in [-0.25, -0.2) is 0 Å². The predicted octanol–water partition coefficient (Wildman–Crippen LogP) is 1.51. The van der Waals surface area contributed by atoms with Crippen molar-refractivity contribution < 1.29 is 14.5 Å². The quantitative estimate of drug-likeness (QED) is 0.358. The minimum atomic E-state index is -1.27. The molecule has 1 aliphatic carbocycles. The Labute approximate surface area is 160 Å². The summed E-state index contributed by atoms with van der Waals surface area (Å²) in [5.74, 6) is -0.615. The van der Waals surface area contributed by atoms with E-state index in [0.29, 0.717) is 5.56 Å². The second kappa shape index (κ2) is 5.48. The summed E-state index contributed by atoms with van der Waals surface area (Å²) in [6.45, 7) is 0.728. The number of hydrogen-bond acceptors (Lipinski definition) is 6. The third-order valence-electron chi connectivity index (χ3n) is 6.23. The molecule has 3 aliphatic heterocycles. The molecule has 140 valence electrons. The van der Waals surface area contributed by atoms with Crippen molar-refractivity contribution in [2.75, 3.05) is 11.4 Å². The lowest BCUT2D eigenvalue weighted by molar-refractivity contribution is -0.384. The molecule has 1 spiro atoms. The molecule has 1 aromatic rings. The first kappa shape index (κ1) is 16.6. The highest BCUT2D eigenvalue weighted by atomic mass is 32.1. The van der Waals surface area contributed by atoms with Crippen LogP contribution in [0.15, 0.2) is 18.2 Å². The molecule has 2 atom stereocenters. The minimum Gasteiger partial charge on any atom is -0.367 e. The topological polar surface area (TPSA) is 95.8 Å². The van der Waals surface area contributed by atoms with Gasteiger partial charge < -0.3 is 10.2 Å². The van der Waals surface area contributed by atoms with E-state index in [9.17, 15) is 19.7 Å². The number of rotatable bonds is 2. The number of fused-ring (bicyclic) bond motifs is 4. The van der Waals surface area contributed by atoms with Gasteiger partial charge >= 0.3 is 0 Å². The highest BCUT2D eigenvalue weighted by molar-refractivity contribution is 7.80. The Morgan fingerprint density at radius 2 is 2.04 bits per heavy atom. The molecular weight excluding hydrogens is 368 g/mol. The number of thiocarbonyl (C=S) groups is 1. The number of carbonyl (C=O) groups excluding carboxylic acids is 2. The van der Waals surface area contributed by atoms with Gasteiger partial charge in [0.15, 0.2) is 10.5 Å². The molecule has 8 nitrogen and oxygen atoms in total. The maximum Gasteiger partial charge on any atom is 0.269 e. The Balaban J connectivity index is 1.66. The first-order valence-electron chi connectivity index (χ1n) is 9.16. The normalized spacial score (nSPS) is 29.6. The van der Waals surface area contributed by atoms with Crippen molar-refractivity contribution in [1.82, 2.24) is 10.2 Å². The summed E-state index contributed by atoms with van der Waals surface area (Å²) in [6, 6.07) is 4.54. The van der Waals surface area contributed by atoms with E-state index in [1.165, 1.54) is 12.1 Å². The van der Waals surface area contributed by atoms with E-state index in [4.69, 9.17) is 12.2 Å². The summed E-state index contributed by atoms with van der Waals surface area (Å²) in [6.07, 6.45) is 3.54. The Morgan fingerprint density at radius 1 is 1.26 bits per heavy atom. The van der Waals surface area contributed by atoms with Gasteiger partial charge in [-0.3, -0.25) is 24.6 Å². The fourth-order valence-electron chi connectivity index (χ4n) is 4.88. The number of amides is 2. The van der Waals surface area contributed by atoms with E-state index in [1.54, 1.807) is 11.0 Å². The average Bonchev–Trinajstić information content (AvgIpc) is 3.33. The van der Waals surface area contributed by atoms with Crippen LogP contribution in [0, 0.1) is 15.5 Å². The molecule has 2 saturated heterocycles. The highest BCUT2D eigenvalue weighted by Crippen LogP contribution is 2.50. The molecule has 1 N–H and O–H groups in total. The molecule has 0 radical (unpaired) electrons. The molecule has 2 amide bonds. The Hall–Kier alpha value is -2.55.